The number of carbonyl (C=O) groups is 1. The minimum atomic E-state index is -3.57. The zero-order chi connectivity index (χ0) is 15.0. The lowest BCUT2D eigenvalue weighted by molar-refractivity contribution is 0.101. The van der Waals surface area contributed by atoms with Gasteiger partial charge in [-0.05, 0) is 37.1 Å². The van der Waals surface area contributed by atoms with E-state index in [1.165, 1.54) is 23.4 Å². The van der Waals surface area contributed by atoms with Crippen LogP contribution < -0.4 is 4.31 Å². The van der Waals surface area contributed by atoms with Crippen LogP contribution in [0.2, 0.25) is 0 Å². The molecule has 1 aliphatic rings. The number of anilines is 1. The number of carbonyl (C=O) groups excluding carboxylic acids is 1. The number of hydrogen-bond acceptors (Lipinski definition) is 3. The predicted molar refractivity (Wildman–Crippen MR) is 81.1 cm³/mol. The number of nitrogens with zero attached hydrogens (tertiary/aromatic N) is 1. The van der Waals surface area contributed by atoms with Crippen molar-refractivity contribution in [2.75, 3.05) is 10.8 Å². The third-order valence-electron chi connectivity index (χ3n) is 3.69. The molecule has 0 aromatic heterocycles. The second-order valence-electron chi connectivity index (χ2n) is 5.04. The molecule has 0 aliphatic carbocycles. The third kappa shape index (κ3) is 2.34. The van der Waals surface area contributed by atoms with E-state index in [0.29, 0.717) is 12.1 Å². The number of rotatable bonds is 3. The van der Waals surface area contributed by atoms with Gasteiger partial charge in [-0.25, -0.2) is 8.42 Å². The molecule has 5 heteroatoms. The van der Waals surface area contributed by atoms with Crippen molar-refractivity contribution in [2.45, 2.75) is 18.2 Å². The second-order valence-corrected chi connectivity index (χ2v) is 6.90. The van der Waals surface area contributed by atoms with Gasteiger partial charge in [-0.1, -0.05) is 30.3 Å². The molecule has 1 aliphatic heterocycles. The van der Waals surface area contributed by atoms with Gasteiger partial charge < -0.3 is 0 Å². The Morgan fingerprint density at radius 3 is 2.38 bits per heavy atom. The van der Waals surface area contributed by atoms with Crippen molar-refractivity contribution >= 4 is 21.5 Å². The maximum absolute atomic E-state index is 12.7. The van der Waals surface area contributed by atoms with Gasteiger partial charge in [0.25, 0.3) is 10.0 Å². The number of Topliss-reactive ketones (excluding diaryl/α,β-unsaturated/α-hetero) is 1. The van der Waals surface area contributed by atoms with E-state index < -0.39 is 10.0 Å². The van der Waals surface area contributed by atoms with Crippen molar-refractivity contribution in [3.05, 3.63) is 59.7 Å². The van der Waals surface area contributed by atoms with Crippen molar-refractivity contribution < 1.29 is 13.2 Å². The Morgan fingerprint density at radius 1 is 1.05 bits per heavy atom. The Morgan fingerprint density at radius 2 is 1.71 bits per heavy atom. The lowest BCUT2D eigenvalue weighted by Crippen LogP contribution is -2.29. The third-order valence-corrected chi connectivity index (χ3v) is 5.52. The van der Waals surface area contributed by atoms with Crippen molar-refractivity contribution in [3.63, 3.8) is 0 Å². The summed E-state index contributed by atoms with van der Waals surface area (Å²) in [6.45, 7) is 1.91. The molecule has 0 amide bonds. The first-order valence-corrected chi connectivity index (χ1v) is 8.16. The summed E-state index contributed by atoms with van der Waals surface area (Å²) < 4.78 is 26.9. The molecule has 3 rings (SSSR count). The number of fused-ring (bicyclic) bond motifs is 1. The highest BCUT2D eigenvalue weighted by molar-refractivity contribution is 7.92. The van der Waals surface area contributed by atoms with E-state index in [1.54, 1.807) is 12.1 Å². The minimum absolute atomic E-state index is 0.0783. The van der Waals surface area contributed by atoms with Crippen LogP contribution in [0.15, 0.2) is 53.4 Å². The molecule has 0 radical (unpaired) electrons. The van der Waals surface area contributed by atoms with Gasteiger partial charge in [0.1, 0.15) is 0 Å². The van der Waals surface area contributed by atoms with E-state index in [0.717, 1.165) is 17.7 Å². The van der Waals surface area contributed by atoms with Gasteiger partial charge in [-0.2, -0.15) is 0 Å². The molecule has 0 N–H and O–H groups in total. The highest BCUT2D eigenvalue weighted by Gasteiger charge is 2.30. The topological polar surface area (TPSA) is 54.5 Å². The normalized spacial score (nSPS) is 14.0. The van der Waals surface area contributed by atoms with Crippen LogP contribution in [0.5, 0.6) is 0 Å². The van der Waals surface area contributed by atoms with Crippen LogP contribution in [0, 0.1) is 0 Å². The first-order valence-electron chi connectivity index (χ1n) is 6.72. The van der Waals surface area contributed by atoms with Crippen LogP contribution in [0.1, 0.15) is 22.8 Å². The van der Waals surface area contributed by atoms with E-state index in [-0.39, 0.29) is 10.7 Å². The molecule has 21 heavy (non-hydrogen) atoms. The van der Waals surface area contributed by atoms with Gasteiger partial charge >= 0.3 is 0 Å². The van der Waals surface area contributed by atoms with Crippen LogP contribution in [0.4, 0.5) is 5.69 Å². The smallest absolute Gasteiger partial charge is 0.264 e. The van der Waals surface area contributed by atoms with E-state index >= 15 is 0 Å². The Balaban J connectivity index is 2.00. The summed E-state index contributed by atoms with van der Waals surface area (Å²) in [6, 6.07) is 13.6. The van der Waals surface area contributed by atoms with E-state index in [9.17, 15) is 13.2 Å². The molecule has 0 unspecified atom stereocenters. The zero-order valence-electron chi connectivity index (χ0n) is 11.6. The standard InChI is InChI=1S/C16H15NO3S/c1-12(18)13-6-8-15(9-7-13)21(19,20)17-11-10-14-4-2-3-5-16(14)17/h2-9H,10-11H2,1H3. The fourth-order valence-corrected chi connectivity index (χ4v) is 4.05. The first kappa shape index (κ1) is 13.8. The second kappa shape index (κ2) is 5.00. The molecule has 0 saturated carbocycles. The number of benzene rings is 2. The van der Waals surface area contributed by atoms with E-state index in [1.807, 2.05) is 24.3 Å². The minimum Gasteiger partial charge on any atom is -0.295 e. The van der Waals surface area contributed by atoms with Crippen LogP contribution in [0.3, 0.4) is 0 Å². The molecular formula is C16H15NO3S. The summed E-state index contributed by atoms with van der Waals surface area (Å²) in [5.74, 6) is -0.0783. The molecule has 0 bridgehead atoms. The van der Waals surface area contributed by atoms with Gasteiger partial charge in [0.05, 0.1) is 10.6 Å². The Kier molecular flexibility index (Phi) is 3.29. The first-order chi connectivity index (χ1) is 10.00. The summed E-state index contributed by atoms with van der Waals surface area (Å²) in [5, 5.41) is 0. The summed E-state index contributed by atoms with van der Waals surface area (Å²) in [5.41, 5.74) is 2.30. The summed E-state index contributed by atoms with van der Waals surface area (Å²) in [7, 11) is -3.57. The molecule has 0 saturated heterocycles. The average molecular weight is 301 g/mol. The van der Waals surface area contributed by atoms with Crippen molar-refractivity contribution in [2.24, 2.45) is 0 Å². The molecule has 1 heterocycles. The zero-order valence-corrected chi connectivity index (χ0v) is 12.4. The molecule has 2 aromatic carbocycles. The van der Waals surface area contributed by atoms with Crippen molar-refractivity contribution in [1.82, 2.24) is 0 Å². The lowest BCUT2D eigenvalue weighted by Gasteiger charge is -2.19. The molecular weight excluding hydrogens is 286 g/mol. The Labute approximate surface area is 124 Å². The van der Waals surface area contributed by atoms with Gasteiger partial charge in [0.15, 0.2) is 5.78 Å². The summed E-state index contributed by atoms with van der Waals surface area (Å²) in [4.78, 5) is 11.5. The van der Waals surface area contributed by atoms with Crippen molar-refractivity contribution in [1.29, 1.82) is 0 Å². The molecule has 0 spiro atoms. The predicted octanol–water partition coefficient (Wildman–Crippen LogP) is 2.64. The number of hydrogen-bond donors (Lipinski definition) is 0. The quantitative estimate of drug-likeness (QED) is 0.819. The number of sulfonamides is 1. The van der Waals surface area contributed by atoms with Crippen LogP contribution in [0.25, 0.3) is 0 Å². The molecule has 0 fully saturated rings. The van der Waals surface area contributed by atoms with E-state index in [2.05, 4.69) is 0 Å². The molecule has 4 nitrogen and oxygen atoms in total. The highest BCUT2D eigenvalue weighted by atomic mass is 32.2. The number of ketones is 1. The van der Waals surface area contributed by atoms with Gasteiger partial charge in [-0.15, -0.1) is 0 Å². The van der Waals surface area contributed by atoms with Crippen LogP contribution in [-0.2, 0) is 16.4 Å². The van der Waals surface area contributed by atoms with Gasteiger partial charge in [0.2, 0.25) is 0 Å². The SMILES string of the molecule is CC(=O)c1ccc(S(=O)(=O)N2CCc3ccccc32)cc1. The molecule has 0 atom stereocenters. The van der Waals surface area contributed by atoms with Crippen LogP contribution >= 0.6 is 0 Å². The largest absolute Gasteiger partial charge is 0.295 e. The van der Waals surface area contributed by atoms with Gasteiger partial charge in [-0.3, -0.25) is 9.10 Å². The summed E-state index contributed by atoms with van der Waals surface area (Å²) >= 11 is 0. The monoisotopic (exact) mass is 301 g/mol. The maximum Gasteiger partial charge on any atom is 0.264 e. The lowest BCUT2D eigenvalue weighted by atomic mass is 10.2. The number of para-hydroxylation sites is 1. The summed E-state index contributed by atoms with van der Waals surface area (Å²) in [6.07, 6.45) is 0.723. The molecule has 2 aromatic rings. The van der Waals surface area contributed by atoms with Crippen molar-refractivity contribution in [3.8, 4) is 0 Å². The maximum atomic E-state index is 12.7. The van der Waals surface area contributed by atoms with Crippen LogP contribution in [-0.4, -0.2) is 20.7 Å². The fourth-order valence-electron chi connectivity index (χ4n) is 2.55. The highest BCUT2D eigenvalue weighted by Crippen LogP contribution is 2.32. The average Bonchev–Trinajstić information content (AvgIpc) is 2.92. The van der Waals surface area contributed by atoms with E-state index in [4.69, 9.17) is 0 Å². The Bertz CT molecular complexity index is 795. The molecule has 108 valence electrons. The fraction of sp³-hybridized carbons (Fsp3) is 0.188. The Hall–Kier alpha value is -2.14. The van der Waals surface area contributed by atoms with Gasteiger partial charge in [0, 0.05) is 12.1 Å².